The maximum absolute atomic E-state index is 12.7. The average Bonchev–Trinajstić information content (AvgIpc) is 2.60. The Morgan fingerprint density at radius 1 is 1.08 bits per heavy atom. The van der Waals surface area contributed by atoms with Crippen LogP contribution in [0.3, 0.4) is 0 Å². The van der Waals surface area contributed by atoms with Gasteiger partial charge in [0.25, 0.3) is 0 Å². The van der Waals surface area contributed by atoms with Crippen molar-refractivity contribution in [2.75, 3.05) is 14.2 Å². The van der Waals surface area contributed by atoms with Crippen LogP contribution in [0.2, 0.25) is 0 Å². The molecule has 0 aliphatic carbocycles. The van der Waals surface area contributed by atoms with Crippen LogP contribution in [0.25, 0.3) is 0 Å². The highest BCUT2D eigenvalue weighted by atomic mass is 19.4. The minimum absolute atomic E-state index is 0.137. The number of methoxy groups -OCH3 is 2. The number of hydrogen-bond acceptors (Lipinski definition) is 3. The van der Waals surface area contributed by atoms with Crippen molar-refractivity contribution in [1.82, 2.24) is 5.32 Å². The minimum atomic E-state index is -4.43. The molecular formula is C19H20F3NO3. The minimum Gasteiger partial charge on any atom is -0.493 e. The van der Waals surface area contributed by atoms with Crippen LogP contribution in [-0.4, -0.2) is 20.1 Å². The summed E-state index contributed by atoms with van der Waals surface area (Å²) < 4.78 is 48.6. The van der Waals surface area contributed by atoms with E-state index < -0.39 is 11.7 Å². The van der Waals surface area contributed by atoms with Gasteiger partial charge in [-0.05, 0) is 36.2 Å². The van der Waals surface area contributed by atoms with E-state index in [-0.39, 0.29) is 18.4 Å². The zero-order chi connectivity index (χ0) is 19.3. The predicted octanol–water partition coefficient (Wildman–Crippen LogP) is 4.14. The van der Waals surface area contributed by atoms with Gasteiger partial charge >= 0.3 is 6.18 Å². The van der Waals surface area contributed by atoms with Gasteiger partial charge in [-0.2, -0.15) is 13.2 Å². The fraction of sp³-hybridized carbons (Fsp3) is 0.316. The van der Waals surface area contributed by atoms with Crippen LogP contribution in [-0.2, 0) is 17.4 Å². The summed E-state index contributed by atoms with van der Waals surface area (Å²) >= 11 is 0. The molecule has 1 atom stereocenters. The van der Waals surface area contributed by atoms with Gasteiger partial charge in [-0.3, -0.25) is 4.79 Å². The molecule has 7 heteroatoms. The van der Waals surface area contributed by atoms with Crippen LogP contribution < -0.4 is 14.8 Å². The summed E-state index contributed by atoms with van der Waals surface area (Å²) in [7, 11) is 3.04. The van der Waals surface area contributed by atoms with E-state index in [9.17, 15) is 18.0 Å². The van der Waals surface area contributed by atoms with Gasteiger partial charge in [0, 0.05) is 0 Å². The van der Waals surface area contributed by atoms with Gasteiger partial charge in [0.2, 0.25) is 5.91 Å². The van der Waals surface area contributed by atoms with E-state index in [0.29, 0.717) is 17.1 Å². The Labute approximate surface area is 149 Å². The van der Waals surface area contributed by atoms with Crippen molar-refractivity contribution >= 4 is 5.91 Å². The molecule has 0 radical (unpaired) electrons. The summed E-state index contributed by atoms with van der Waals surface area (Å²) in [5, 5.41) is 2.78. The largest absolute Gasteiger partial charge is 0.493 e. The molecule has 2 aromatic carbocycles. The third-order valence-corrected chi connectivity index (χ3v) is 3.90. The normalized spacial score (nSPS) is 12.4. The van der Waals surface area contributed by atoms with Crippen LogP contribution >= 0.6 is 0 Å². The highest BCUT2D eigenvalue weighted by Gasteiger charge is 2.30. The maximum Gasteiger partial charge on any atom is 0.416 e. The Bertz CT molecular complexity index is 775. The number of rotatable bonds is 6. The molecule has 0 aromatic heterocycles. The first-order valence-corrected chi connectivity index (χ1v) is 7.92. The molecular weight excluding hydrogens is 347 g/mol. The average molecular weight is 367 g/mol. The Hall–Kier alpha value is -2.70. The number of amides is 1. The molecule has 0 heterocycles. The number of halogens is 3. The van der Waals surface area contributed by atoms with Gasteiger partial charge in [0.15, 0.2) is 11.5 Å². The number of carbonyl (C=O) groups excluding carboxylic acids is 1. The Morgan fingerprint density at radius 2 is 1.77 bits per heavy atom. The molecule has 1 N–H and O–H groups in total. The van der Waals surface area contributed by atoms with E-state index in [4.69, 9.17) is 9.47 Å². The molecule has 2 aromatic rings. The van der Waals surface area contributed by atoms with Crippen molar-refractivity contribution in [2.45, 2.75) is 25.6 Å². The molecule has 4 nitrogen and oxygen atoms in total. The van der Waals surface area contributed by atoms with Crippen LogP contribution in [0.5, 0.6) is 11.5 Å². The molecule has 0 spiro atoms. The molecule has 2 rings (SSSR count). The van der Waals surface area contributed by atoms with Gasteiger partial charge in [-0.15, -0.1) is 0 Å². The van der Waals surface area contributed by atoms with Crippen molar-refractivity contribution < 1.29 is 27.4 Å². The van der Waals surface area contributed by atoms with Crippen LogP contribution in [0, 0.1) is 0 Å². The number of alkyl halides is 3. The molecule has 0 aliphatic rings. The van der Waals surface area contributed by atoms with Gasteiger partial charge in [-0.1, -0.05) is 24.3 Å². The first-order chi connectivity index (χ1) is 12.2. The number of benzene rings is 2. The van der Waals surface area contributed by atoms with Gasteiger partial charge in [-0.25, -0.2) is 0 Å². The fourth-order valence-corrected chi connectivity index (χ4v) is 2.54. The quantitative estimate of drug-likeness (QED) is 0.835. The third kappa shape index (κ3) is 4.91. The zero-order valence-corrected chi connectivity index (χ0v) is 14.7. The highest BCUT2D eigenvalue weighted by Crippen LogP contribution is 2.31. The Balaban J connectivity index is 2.06. The van der Waals surface area contributed by atoms with Crippen LogP contribution in [0.15, 0.2) is 42.5 Å². The van der Waals surface area contributed by atoms with E-state index in [2.05, 4.69) is 5.32 Å². The van der Waals surface area contributed by atoms with E-state index >= 15 is 0 Å². The van der Waals surface area contributed by atoms with E-state index in [1.165, 1.54) is 26.4 Å². The number of carbonyl (C=O) groups is 1. The standard InChI is InChI=1S/C19H20F3NO3/c1-12(14-7-8-16(25-2)17(11-14)26-3)23-18(24)10-13-5-4-6-15(9-13)19(20,21)22/h4-9,11-12H,10H2,1-3H3,(H,23,24). The van der Waals surface area contributed by atoms with Crippen LogP contribution in [0.4, 0.5) is 13.2 Å². The van der Waals surface area contributed by atoms with Crippen molar-refractivity contribution in [3.63, 3.8) is 0 Å². The van der Waals surface area contributed by atoms with Crippen LogP contribution in [0.1, 0.15) is 29.7 Å². The lowest BCUT2D eigenvalue weighted by Gasteiger charge is -2.17. The monoisotopic (exact) mass is 367 g/mol. The number of nitrogens with one attached hydrogen (secondary N) is 1. The van der Waals surface area contributed by atoms with Crippen molar-refractivity contribution in [3.05, 3.63) is 59.2 Å². The lowest BCUT2D eigenvalue weighted by atomic mass is 10.1. The summed E-state index contributed by atoms with van der Waals surface area (Å²) in [5.41, 5.74) is 0.326. The molecule has 0 saturated carbocycles. The molecule has 0 aliphatic heterocycles. The summed E-state index contributed by atoms with van der Waals surface area (Å²) in [6.45, 7) is 1.78. The smallest absolute Gasteiger partial charge is 0.416 e. The SMILES string of the molecule is COc1ccc(C(C)NC(=O)Cc2cccc(C(F)(F)F)c2)cc1OC. The summed E-state index contributed by atoms with van der Waals surface area (Å²) in [4.78, 5) is 12.2. The van der Waals surface area contributed by atoms with Gasteiger partial charge in [0.1, 0.15) is 0 Å². The predicted molar refractivity (Wildman–Crippen MR) is 91.3 cm³/mol. The van der Waals surface area contributed by atoms with Crippen molar-refractivity contribution in [1.29, 1.82) is 0 Å². The molecule has 26 heavy (non-hydrogen) atoms. The maximum atomic E-state index is 12.7. The number of ether oxygens (including phenoxy) is 2. The molecule has 0 saturated heterocycles. The number of hydrogen-bond donors (Lipinski definition) is 1. The van der Waals surface area contributed by atoms with Crippen molar-refractivity contribution in [3.8, 4) is 11.5 Å². The summed E-state index contributed by atoms with van der Waals surface area (Å²) in [6, 6.07) is 9.68. The second-order valence-electron chi connectivity index (χ2n) is 5.78. The van der Waals surface area contributed by atoms with E-state index in [0.717, 1.165) is 17.7 Å². The third-order valence-electron chi connectivity index (χ3n) is 3.90. The van der Waals surface area contributed by atoms with Gasteiger partial charge < -0.3 is 14.8 Å². The lowest BCUT2D eigenvalue weighted by Crippen LogP contribution is -2.28. The molecule has 140 valence electrons. The summed E-state index contributed by atoms with van der Waals surface area (Å²) in [6.07, 6.45) is -4.57. The van der Waals surface area contributed by atoms with E-state index in [1.807, 2.05) is 0 Å². The molecule has 0 fully saturated rings. The first kappa shape index (κ1) is 19.6. The fourth-order valence-electron chi connectivity index (χ4n) is 2.54. The second-order valence-corrected chi connectivity index (χ2v) is 5.78. The lowest BCUT2D eigenvalue weighted by molar-refractivity contribution is -0.137. The Kier molecular flexibility index (Phi) is 6.13. The first-order valence-electron chi connectivity index (χ1n) is 7.92. The zero-order valence-electron chi connectivity index (χ0n) is 14.7. The van der Waals surface area contributed by atoms with E-state index in [1.54, 1.807) is 25.1 Å². The topological polar surface area (TPSA) is 47.6 Å². The van der Waals surface area contributed by atoms with Gasteiger partial charge in [0.05, 0.1) is 32.2 Å². The highest BCUT2D eigenvalue weighted by molar-refractivity contribution is 5.79. The Morgan fingerprint density at radius 3 is 2.38 bits per heavy atom. The summed E-state index contributed by atoms with van der Waals surface area (Å²) in [5.74, 6) is 0.731. The molecule has 1 amide bonds. The second kappa shape index (κ2) is 8.12. The molecule has 1 unspecified atom stereocenters. The van der Waals surface area contributed by atoms with Crippen molar-refractivity contribution in [2.24, 2.45) is 0 Å². The molecule has 0 bridgehead atoms.